The van der Waals surface area contributed by atoms with E-state index in [4.69, 9.17) is 10.6 Å². The molecule has 2 rings (SSSR count). The number of methoxy groups -OCH3 is 1. The Morgan fingerprint density at radius 2 is 2.39 bits per heavy atom. The van der Waals surface area contributed by atoms with E-state index in [1.54, 1.807) is 30.8 Å². The van der Waals surface area contributed by atoms with E-state index >= 15 is 0 Å². The van der Waals surface area contributed by atoms with Crippen molar-refractivity contribution in [3.8, 4) is 5.75 Å². The fraction of sp³-hybridized carbons (Fsp3) is 0.250. The third-order valence-corrected chi connectivity index (χ3v) is 4.64. The van der Waals surface area contributed by atoms with Crippen LogP contribution >= 0.6 is 27.3 Å². The van der Waals surface area contributed by atoms with Crippen LogP contribution in [0.4, 0.5) is 0 Å². The van der Waals surface area contributed by atoms with Crippen molar-refractivity contribution in [1.82, 2.24) is 10.4 Å². The molecule has 0 aliphatic carbocycles. The number of ether oxygens (including phenoxy) is 1. The SMILES string of the molecule is COc1cnccc1C(Cc1sccc1Br)NN. The highest BCUT2D eigenvalue weighted by Crippen LogP contribution is 2.31. The maximum Gasteiger partial charge on any atom is 0.141 e. The number of hydrazine groups is 1. The molecule has 0 aliphatic rings. The second-order valence-electron chi connectivity index (χ2n) is 3.73. The van der Waals surface area contributed by atoms with Crippen LogP contribution < -0.4 is 16.0 Å². The molecule has 0 spiro atoms. The molecule has 6 heteroatoms. The summed E-state index contributed by atoms with van der Waals surface area (Å²) in [4.78, 5) is 5.29. The van der Waals surface area contributed by atoms with Crippen LogP contribution in [0.25, 0.3) is 0 Å². The van der Waals surface area contributed by atoms with Crippen molar-refractivity contribution in [2.45, 2.75) is 12.5 Å². The standard InChI is InChI=1S/C12H14BrN3OS/c1-17-11-7-15-4-2-8(11)10(16-14)6-12-9(13)3-5-18-12/h2-5,7,10,16H,6,14H2,1H3. The molecular formula is C12H14BrN3OS. The number of pyridine rings is 1. The van der Waals surface area contributed by atoms with Gasteiger partial charge in [0.05, 0.1) is 19.3 Å². The molecule has 96 valence electrons. The minimum absolute atomic E-state index is 0.00194. The van der Waals surface area contributed by atoms with Gasteiger partial charge >= 0.3 is 0 Å². The molecule has 0 radical (unpaired) electrons. The van der Waals surface area contributed by atoms with Crippen LogP contribution in [0.5, 0.6) is 5.75 Å². The van der Waals surface area contributed by atoms with Crippen molar-refractivity contribution >= 4 is 27.3 Å². The lowest BCUT2D eigenvalue weighted by Gasteiger charge is -2.18. The summed E-state index contributed by atoms with van der Waals surface area (Å²) in [5, 5.41) is 2.05. The lowest BCUT2D eigenvalue weighted by molar-refractivity contribution is 0.397. The number of nitrogens with one attached hydrogen (secondary N) is 1. The van der Waals surface area contributed by atoms with Gasteiger partial charge in [-0.1, -0.05) is 0 Å². The first-order valence-corrected chi connectivity index (χ1v) is 7.09. The first kappa shape index (κ1) is 13.5. The summed E-state index contributed by atoms with van der Waals surface area (Å²) in [6.07, 6.45) is 4.24. The van der Waals surface area contributed by atoms with Gasteiger partial charge in [-0.05, 0) is 33.4 Å². The maximum absolute atomic E-state index is 5.66. The van der Waals surface area contributed by atoms with Gasteiger partial charge < -0.3 is 4.74 Å². The Kier molecular flexibility index (Phi) is 4.71. The molecule has 0 bridgehead atoms. The number of rotatable bonds is 5. The number of nitrogens with two attached hydrogens (primary N) is 1. The molecule has 2 aromatic heterocycles. The Labute approximate surface area is 118 Å². The molecule has 18 heavy (non-hydrogen) atoms. The molecule has 0 aliphatic heterocycles. The van der Waals surface area contributed by atoms with Crippen molar-refractivity contribution in [1.29, 1.82) is 0 Å². The Morgan fingerprint density at radius 3 is 3.00 bits per heavy atom. The molecule has 0 aromatic carbocycles. The number of thiophene rings is 1. The Balaban J connectivity index is 2.25. The van der Waals surface area contributed by atoms with Crippen LogP contribution in [-0.4, -0.2) is 12.1 Å². The summed E-state index contributed by atoms with van der Waals surface area (Å²) in [7, 11) is 1.63. The number of nitrogens with zero attached hydrogens (tertiary/aromatic N) is 1. The highest BCUT2D eigenvalue weighted by molar-refractivity contribution is 9.10. The largest absolute Gasteiger partial charge is 0.495 e. The first-order valence-electron chi connectivity index (χ1n) is 5.42. The van der Waals surface area contributed by atoms with Crippen LogP contribution in [0.1, 0.15) is 16.5 Å². The van der Waals surface area contributed by atoms with E-state index in [9.17, 15) is 0 Å². The topological polar surface area (TPSA) is 60.2 Å². The zero-order chi connectivity index (χ0) is 13.0. The summed E-state index contributed by atoms with van der Waals surface area (Å²) >= 11 is 5.23. The lowest BCUT2D eigenvalue weighted by atomic mass is 10.0. The first-order chi connectivity index (χ1) is 8.76. The minimum Gasteiger partial charge on any atom is -0.495 e. The summed E-state index contributed by atoms with van der Waals surface area (Å²) < 4.78 is 6.42. The fourth-order valence-electron chi connectivity index (χ4n) is 1.76. The minimum atomic E-state index is -0.00194. The molecule has 0 amide bonds. The van der Waals surface area contributed by atoms with Crippen molar-refractivity contribution in [2.24, 2.45) is 5.84 Å². The van der Waals surface area contributed by atoms with E-state index in [-0.39, 0.29) is 6.04 Å². The number of aromatic nitrogens is 1. The summed E-state index contributed by atoms with van der Waals surface area (Å²) in [6.45, 7) is 0. The van der Waals surface area contributed by atoms with Gasteiger partial charge in [0.1, 0.15) is 5.75 Å². The number of halogens is 1. The number of hydrogen-bond acceptors (Lipinski definition) is 5. The van der Waals surface area contributed by atoms with Crippen LogP contribution in [-0.2, 0) is 6.42 Å². The second kappa shape index (κ2) is 6.29. The van der Waals surface area contributed by atoms with Gasteiger partial charge in [0.25, 0.3) is 0 Å². The van der Waals surface area contributed by atoms with E-state index < -0.39 is 0 Å². The highest BCUT2D eigenvalue weighted by Gasteiger charge is 2.17. The average Bonchev–Trinajstić information content (AvgIpc) is 2.81. The van der Waals surface area contributed by atoms with Gasteiger partial charge in [-0.15, -0.1) is 11.3 Å². The zero-order valence-corrected chi connectivity index (χ0v) is 12.3. The van der Waals surface area contributed by atoms with Crippen molar-refractivity contribution in [2.75, 3.05) is 7.11 Å². The van der Waals surface area contributed by atoms with Crippen LogP contribution in [0.15, 0.2) is 34.4 Å². The van der Waals surface area contributed by atoms with Gasteiger partial charge in [0.15, 0.2) is 0 Å². The van der Waals surface area contributed by atoms with E-state index in [1.807, 2.05) is 12.1 Å². The van der Waals surface area contributed by atoms with Crippen molar-refractivity contribution in [3.63, 3.8) is 0 Å². The summed E-state index contributed by atoms with van der Waals surface area (Å²) in [5.41, 5.74) is 3.85. The quantitative estimate of drug-likeness (QED) is 0.654. The highest BCUT2D eigenvalue weighted by atomic mass is 79.9. The Bertz CT molecular complexity index is 518. The fourth-order valence-corrected chi connectivity index (χ4v) is 3.33. The predicted octanol–water partition coefficient (Wildman–Crippen LogP) is 2.66. The molecule has 4 nitrogen and oxygen atoms in total. The van der Waals surface area contributed by atoms with Crippen molar-refractivity contribution < 1.29 is 4.74 Å². The van der Waals surface area contributed by atoms with E-state index in [0.717, 1.165) is 22.2 Å². The third-order valence-electron chi connectivity index (χ3n) is 2.69. The molecule has 1 atom stereocenters. The smallest absolute Gasteiger partial charge is 0.141 e. The molecule has 0 saturated heterocycles. The van der Waals surface area contributed by atoms with Crippen LogP contribution in [0.3, 0.4) is 0 Å². The van der Waals surface area contributed by atoms with Gasteiger partial charge in [-0.25, -0.2) is 0 Å². The molecule has 2 aromatic rings. The molecule has 2 heterocycles. The van der Waals surface area contributed by atoms with Crippen LogP contribution in [0.2, 0.25) is 0 Å². The van der Waals surface area contributed by atoms with Gasteiger partial charge in [-0.2, -0.15) is 0 Å². The van der Waals surface area contributed by atoms with E-state index in [1.165, 1.54) is 4.88 Å². The molecule has 1 unspecified atom stereocenters. The molecule has 0 fully saturated rings. The number of hydrogen-bond donors (Lipinski definition) is 2. The van der Waals surface area contributed by atoms with Gasteiger partial charge in [0.2, 0.25) is 0 Å². The molecule has 3 N–H and O–H groups in total. The zero-order valence-electron chi connectivity index (χ0n) is 9.89. The predicted molar refractivity (Wildman–Crippen MR) is 76.6 cm³/mol. The van der Waals surface area contributed by atoms with Crippen molar-refractivity contribution in [3.05, 3.63) is 44.8 Å². The summed E-state index contributed by atoms with van der Waals surface area (Å²) in [6, 6.07) is 3.96. The second-order valence-corrected chi connectivity index (χ2v) is 5.59. The molecular weight excluding hydrogens is 314 g/mol. The van der Waals surface area contributed by atoms with E-state index in [0.29, 0.717) is 0 Å². The third kappa shape index (κ3) is 2.89. The lowest BCUT2D eigenvalue weighted by Crippen LogP contribution is -2.29. The average molecular weight is 328 g/mol. The maximum atomic E-state index is 5.66. The van der Waals surface area contributed by atoms with Gasteiger partial charge in [0, 0.05) is 27.5 Å². The van der Waals surface area contributed by atoms with Gasteiger partial charge in [-0.3, -0.25) is 16.3 Å². The molecule has 0 saturated carbocycles. The van der Waals surface area contributed by atoms with E-state index in [2.05, 4.69) is 31.7 Å². The van der Waals surface area contributed by atoms with Crippen LogP contribution in [0, 0.1) is 0 Å². The Morgan fingerprint density at radius 1 is 1.56 bits per heavy atom. The Hall–Kier alpha value is -0.950. The normalized spacial score (nSPS) is 12.4. The summed E-state index contributed by atoms with van der Waals surface area (Å²) in [5.74, 6) is 6.40. The monoisotopic (exact) mass is 327 g/mol.